The molecule has 5 rings (SSSR count). The van der Waals surface area contributed by atoms with Crippen molar-refractivity contribution in [1.82, 2.24) is 14.8 Å². The molecule has 1 aromatic heterocycles. The van der Waals surface area contributed by atoms with Gasteiger partial charge in [0.05, 0.1) is 11.6 Å². The first kappa shape index (κ1) is 24.3. The fraction of sp³-hybridized carbons (Fsp3) is 0.276. The van der Waals surface area contributed by atoms with Crippen LogP contribution in [-0.4, -0.2) is 54.5 Å². The maximum absolute atomic E-state index is 12.8. The van der Waals surface area contributed by atoms with Gasteiger partial charge >= 0.3 is 0 Å². The average Bonchev–Trinajstić information content (AvgIpc) is 3.38. The molecule has 0 aliphatic carbocycles. The highest BCUT2D eigenvalue weighted by Gasteiger charge is 2.27. The van der Waals surface area contributed by atoms with Gasteiger partial charge in [-0.1, -0.05) is 6.07 Å². The van der Waals surface area contributed by atoms with E-state index in [1.165, 1.54) is 5.69 Å². The number of hydrogen-bond acceptors (Lipinski definition) is 6. The van der Waals surface area contributed by atoms with E-state index in [4.69, 9.17) is 5.26 Å². The minimum atomic E-state index is -0.426. The van der Waals surface area contributed by atoms with Crippen molar-refractivity contribution in [3.05, 3.63) is 78.3 Å². The SMILES string of the molecule is CN1CCN(c2ccc(N/C=C3\C(=O)NC(=O)c4ccc(-c5ccn(CCCC#N)c5)cc43)cc2)CC1. The van der Waals surface area contributed by atoms with Crippen LogP contribution in [0.2, 0.25) is 0 Å². The molecule has 0 radical (unpaired) electrons. The Labute approximate surface area is 216 Å². The Morgan fingerprint density at radius 2 is 1.76 bits per heavy atom. The first-order valence-electron chi connectivity index (χ1n) is 12.6. The molecular formula is C29H30N6O2. The molecule has 0 atom stereocenters. The smallest absolute Gasteiger partial charge is 0.260 e. The van der Waals surface area contributed by atoms with Gasteiger partial charge in [-0.25, -0.2) is 0 Å². The summed E-state index contributed by atoms with van der Waals surface area (Å²) in [5.74, 6) is -0.820. The van der Waals surface area contributed by atoms with E-state index in [0.29, 0.717) is 23.1 Å². The third kappa shape index (κ3) is 5.42. The second kappa shape index (κ2) is 10.7. The fourth-order valence-corrected chi connectivity index (χ4v) is 4.73. The van der Waals surface area contributed by atoms with Gasteiger partial charge in [-0.15, -0.1) is 0 Å². The molecule has 2 aromatic carbocycles. The van der Waals surface area contributed by atoms with Crippen LogP contribution in [0.25, 0.3) is 16.7 Å². The first-order valence-corrected chi connectivity index (χ1v) is 12.6. The number of imide groups is 1. The minimum absolute atomic E-state index is 0.394. The van der Waals surface area contributed by atoms with E-state index in [-0.39, 0.29) is 0 Å². The number of amides is 2. The number of fused-ring (bicyclic) bond motifs is 1. The second-order valence-electron chi connectivity index (χ2n) is 9.48. The number of aromatic nitrogens is 1. The predicted octanol–water partition coefficient (Wildman–Crippen LogP) is 3.93. The van der Waals surface area contributed by atoms with Gasteiger partial charge in [-0.2, -0.15) is 5.26 Å². The maximum Gasteiger partial charge on any atom is 0.260 e. The summed E-state index contributed by atoms with van der Waals surface area (Å²) in [7, 11) is 2.14. The summed E-state index contributed by atoms with van der Waals surface area (Å²) in [6.07, 6.45) is 6.98. The van der Waals surface area contributed by atoms with E-state index >= 15 is 0 Å². The number of unbranched alkanes of at least 4 members (excludes halogenated alkanes) is 1. The zero-order chi connectivity index (χ0) is 25.8. The number of carbonyl (C=O) groups is 2. The van der Waals surface area contributed by atoms with E-state index in [1.54, 1.807) is 12.3 Å². The zero-order valence-electron chi connectivity index (χ0n) is 20.9. The molecule has 1 fully saturated rings. The molecule has 0 spiro atoms. The lowest BCUT2D eigenvalue weighted by molar-refractivity contribution is -0.114. The highest BCUT2D eigenvalue weighted by Crippen LogP contribution is 2.30. The van der Waals surface area contributed by atoms with Gasteiger partial charge in [0, 0.05) is 80.2 Å². The van der Waals surface area contributed by atoms with Crippen LogP contribution >= 0.6 is 0 Å². The lowest BCUT2D eigenvalue weighted by Gasteiger charge is -2.34. The Bertz CT molecular complexity index is 1370. The van der Waals surface area contributed by atoms with Gasteiger partial charge in [0.15, 0.2) is 0 Å². The van der Waals surface area contributed by atoms with E-state index in [9.17, 15) is 9.59 Å². The van der Waals surface area contributed by atoms with Gasteiger partial charge in [-0.05, 0) is 67.1 Å². The minimum Gasteiger partial charge on any atom is -0.369 e. The Balaban J connectivity index is 1.36. The number of anilines is 2. The standard InChI is InChI=1S/C29H30N6O2/c1-33-14-16-35(17-15-33)24-7-5-23(6-8-24)31-19-27-26-18-21(4-9-25(26)28(36)32-29(27)37)22-10-13-34(20-22)12-3-2-11-30/h4-10,13,18-20,31H,2-3,12,14-17H2,1H3,(H,32,36,37)/b27-19-. The number of benzene rings is 2. The number of hydrogen-bond donors (Lipinski definition) is 2. The van der Waals surface area contributed by atoms with Gasteiger partial charge in [0.25, 0.3) is 11.8 Å². The van der Waals surface area contributed by atoms with Crippen molar-refractivity contribution in [2.24, 2.45) is 0 Å². The van der Waals surface area contributed by atoms with Crippen LogP contribution in [-0.2, 0) is 11.3 Å². The molecule has 37 heavy (non-hydrogen) atoms. The molecular weight excluding hydrogens is 464 g/mol. The molecule has 0 saturated carbocycles. The number of rotatable bonds is 7. The lowest BCUT2D eigenvalue weighted by atomic mass is 9.92. The topological polar surface area (TPSA) is 93.4 Å². The molecule has 188 valence electrons. The van der Waals surface area contributed by atoms with Crippen LogP contribution in [0.5, 0.6) is 0 Å². The molecule has 2 aliphatic rings. The molecule has 1 saturated heterocycles. The summed E-state index contributed by atoms with van der Waals surface area (Å²) < 4.78 is 2.05. The number of aryl methyl sites for hydroxylation is 1. The average molecular weight is 495 g/mol. The summed E-state index contributed by atoms with van der Waals surface area (Å²) in [6.45, 7) is 4.87. The van der Waals surface area contributed by atoms with Crippen molar-refractivity contribution in [2.75, 3.05) is 43.4 Å². The monoisotopic (exact) mass is 494 g/mol. The van der Waals surface area contributed by atoms with Crippen LogP contribution in [0, 0.1) is 11.3 Å². The number of carbonyl (C=O) groups excluding carboxylic acids is 2. The number of likely N-dealkylation sites (N-methyl/N-ethyl adjacent to an activating group) is 1. The summed E-state index contributed by atoms with van der Waals surface area (Å²) in [4.78, 5) is 30.0. The molecule has 8 nitrogen and oxygen atoms in total. The highest BCUT2D eigenvalue weighted by molar-refractivity contribution is 6.31. The van der Waals surface area contributed by atoms with E-state index in [1.807, 2.05) is 47.3 Å². The highest BCUT2D eigenvalue weighted by atomic mass is 16.2. The Morgan fingerprint density at radius 1 is 0.973 bits per heavy atom. The molecule has 0 bridgehead atoms. The van der Waals surface area contributed by atoms with Gasteiger partial charge in [-0.3, -0.25) is 14.9 Å². The molecule has 3 heterocycles. The van der Waals surface area contributed by atoms with Crippen LogP contribution in [0.1, 0.15) is 28.8 Å². The summed E-state index contributed by atoms with van der Waals surface area (Å²) in [5, 5.41) is 14.4. The van der Waals surface area contributed by atoms with E-state index < -0.39 is 11.8 Å². The van der Waals surface area contributed by atoms with E-state index in [0.717, 1.165) is 56.0 Å². The van der Waals surface area contributed by atoms with E-state index in [2.05, 4.69) is 45.7 Å². The molecule has 8 heteroatoms. The molecule has 2 aliphatic heterocycles. The largest absolute Gasteiger partial charge is 0.369 e. The third-order valence-electron chi connectivity index (χ3n) is 6.93. The maximum atomic E-state index is 12.8. The summed E-state index contributed by atoms with van der Waals surface area (Å²) >= 11 is 0. The van der Waals surface area contributed by atoms with Crippen molar-refractivity contribution in [3.8, 4) is 17.2 Å². The van der Waals surface area contributed by atoms with Crippen molar-refractivity contribution in [2.45, 2.75) is 19.4 Å². The Kier molecular flexibility index (Phi) is 7.06. The normalized spacial score (nSPS) is 16.9. The fourth-order valence-electron chi connectivity index (χ4n) is 4.73. The van der Waals surface area contributed by atoms with Gasteiger partial charge < -0.3 is 19.7 Å². The molecule has 2 amide bonds. The third-order valence-corrected chi connectivity index (χ3v) is 6.93. The zero-order valence-corrected chi connectivity index (χ0v) is 20.9. The Hall–Kier alpha value is -4.35. The Morgan fingerprint density at radius 3 is 2.51 bits per heavy atom. The van der Waals surface area contributed by atoms with Gasteiger partial charge in [0.2, 0.25) is 0 Å². The number of nitrogens with zero attached hydrogens (tertiary/aromatic N) is 4. The van der Waals surface area contributed by atoms with Crippen molar-refractivity contribution >= 4 is 28.8 Å². The molecule has 0 unspecified atom stereocenters. The predicted molar refractivity (Wildman–Crippen MR) is 145 cm³/mol. The van der Waals surface area contributed by atoms with Crippen LogP contribution in [0.15, 0.2) is 67.1 Å². The second-order valence-corrected chi connectivity index (χ2v) is 9.48. The number of nitrogens with one attached hydrogen (secondary N) is 2. The first-order chi connectivity index (χ1) is 18.0. The quantitative estimate of drug-likeness (QED) is 0.294. The van der Waals surface area contributed by atoms with Crippen molar-refractivity contribution in [3.63, 3.8) is 0 Å². The lowest BCUT2D eigenvalue weighted by Crippen LogP contribution is -2.44. The summed E-state index contributed by atoms with van der Waals surface area (Å²) in [6, 6.07) is 17.9. The van der Waals surface area contributed by atoms with Crippen LogP contribution in [0.4, 0.5) is 11.4 Å². The number of piperazine rings is 1. The van der Waals surface area contributed by atoms with Crippen LogP contribution in [0.3, 0.4) is 0 Å². The molecule has 2 N–H and O–H groups in total. The summed E-state index contributed by atoms with van der Waals surface area (Å²) in [5.41, 5.74) is 5.44. The number of nitriles is 1. The van der Waals surface area contributed by atoms with Crippen LogP contribution < -0.4 is 15.5 Å². The van der Waals surface area contributed by atoms with Crippen molar-refractivity contribution in [1.29, 1.82) is 5.26 Å². The van der Waals surface area contributed by atoms with Gasteiger partial charge in [0.1, 0.15) is 0 Å². The molecule has 3 aromatic rings. The van der Waals surface area contributed by atoms with Crippen molar-refractivity contribution < 1.29 is 9.59 Å².